The minimum absolute atomic E-state index is 0.0563. The van der Waals surface area contributed by atoms with Gasteiger partial charge in [0.15, 0.2) is 0 Å². The van der Waals surface area contributed by atoms with Gasteiger partial charge in [0, 0.05) is 56.2 Å². The van der Waals surface area contributed by atoms with Crippen molar-refractivity contribution in [2.45, 2.75) is 18.4 Å². The molecule has 6 heteroatoms. The fraction of sp³-hybridized carbons (Fsp3) is 0.500. The first-order valence-electron chi connectivity index (χ1n) is 8.27. The number of amides is 1. The van der Waals surface area contributed by atoms with E-state index in [9.17, 15) is 9.90 Å². The third kappa shape index (κ3) is 1.93. The van der Waals surface area contributed by atoms with Gasteiger partial charge in [-0.05, 0) is 17.7 Å². The second kappa shape index (κ2) is 5.22. The quantitative estimate of drug-likeness (QED) is 0.860. The van der Waals surface area contributed by atoms with Crippen molar-refractivity contribution >= 4 is 16.8 Å². The maximum absolute atomic E-state index is 11.7. The van der Waals surface area contributed by atoms with Crippen LogP contribution in [0.15, 0.2) is 18.2 Å². The number of nitrogens with zero attached hydrogens (tertiary/aromatic N) is 2. The molecule has 4 rings (SSSR count). The summed E-state index contributed by atoms with van der Waals surface area (Å²) in [5.74, 6) is 0.940. The molecule has 0 unspecified atom stereocenters. The number of hydrogen-bond donors (Lipinski definition) is 2. The highest BCUT2D eigenvalue weighted by atomic mass is 16.5. The number of aryl methyl sites for hydroxylation is 1. The van der Waals surface area contributed by atoms with Crippen LogP contribution in [0.1, 0.15) is 24.2 Å². The molecule has 1 aromatic heterocycles. The van der Waals surface area contributed by atoms with Crippen LogP contribution in [0.4, 0.5) is 0 Å². The Morgan fingerprint density at radius 2 is 2.21 bits per heavy atom. The summed E-state index contributed by atoms with van der Waals surface area (Å²) in [6.07, 6.45) is 0. The topological polar surface area (TPSA) is 66.7 Å². The number of carbonyl (C=O) groups is 1. The Kier molecular flexibility index (Phi) is 3.37. The predicted molar refractivity (Wildman–Crippen MR) is 91.2 cm³/mol. The Morgan fingerprint density at radius 3 is 2.83 bits per heavy atom. The van der Waals surface area contributed by atoms with Crippen molar-refractivity contribution in [2.75, 3.05) is 33.4 Å². The molecule has 1 spiro atoms. The van der Waals surface area contributed by atoms with Gasteiger partial charge in [-0.25, -0.2) is 0 Å². The number of rotatable bonds is 2. The standard InChI is InChI=1S/C18H23N3O3/c1-11(23)21-9-18(10-21)8-19-14(7-22)17-16(18)13-5-4-12(24-3)6-15(13)20(17)2/h4-6,14,19,22H,7-10H2,1-3H3/t14-/m1/s1. The third-order valence-corrected chi connectivity index (χ3v) is 5.62. The lowest BCUT2D eigenvalue weighted by atomic mass is 9.69. The number of hydrogen-bond acceptors (Lipinski definition) is 4. The summed E-state index contributed by atoms with van der Waals surface area (Å²) in [7, 11) is 3.70. The molecular formula is C18H23N3O3. The van der Waals surface area contributed by atoms with Crippen molar-refractivity contribution in [3.05, 3.63) is 29.5 Å². The minimum atomic E-state index is -0.0830. The molecule has 0 aliphatic carbocycles. The van der Waals surface area contributed by atoms with Gasteiger partial charge in [-0.3, -0.25) is 4.79 Å². The molecule has 1 fully saturated rings. The van der Waals surface area contributed by atoms with E-state index in [1.54, 1.807) is 14.0 Å². The van der Waals surface area contributed by atoms with Gasteiger partial charge in [-0.15, -0.1) is 0 Å². The van der Waals surface area contributed by atoms with Gasteiger partial charge >= 0.3 is 0 Å². The average molecular weight is 329 g/mol. The summed E-state index contributed by atoms with van der Waals surface area (Å²) in [5.41, 5.74) is 3.43. The molecule has 1 atom stereocenters. The summed E-state index contributed by atoms with van der Waals surface area (Å²) < 4.78 is 7.52. The molecule has 24 heavy (non-hydrogen) atoms. The molecule has 1 aromatic carbocycles. The van der Waals surface area contributed by atoms with Crippen molar-refractivity contribution in [3.63, 3.8) is 0 Å². The van der Waals surface area contributed by atoms with Gasteiger partial charge in [0.1, 0.15) is 5.75 Å². The van der Waals surface area contributed by atoms with Gasteiger partial charge in [0.05, 0.1) is 25.3 Å². The number of aliphatic hydroxyl groups excluding tert-OH is 1. The smallest absolute Gasteiger partial charge is 0.219 e. The number of aliphatic hydroxyl groups is 1. The van der Waals surface area contributed by atoms with Crippen LogP contribution in [-0.2, 0) is 17.3 Å². The molecule has 2 aliphatic heterocycles. The number of likely N-dealkylation sites (tertiary alicyclic amines) is 1. The fourth-order valence-electron chi connectivity index (χ4n) is 4.36. The number of nitrogens with one attached hydrogen (secondary N) is 1. The molecule has 0 bridgehead atoms. The predicted octanol–water partition coefficient (Wildman–Crippen LogP) is 0.923. The lowest BCUT2D eigenvalue weighted by Crippen LogP contribution is -2.66. The second-order valence-corrected chi connectivity index (χ2v) is 6.97. The van der Waals surface area contributed by atoms with Crippen LogP contribution in [0.25, 0.3) is 10.9 Å². The van der Waals surface area contributed by atoms with Crippen LogP contribution in [0.3, 0.4) is 0 Å². The fourth-order valence-corrected chi connectivity index (χ4v) is 4.36. The summed E-state index contributed by atoms with van der Waals surface area (Å²) in [5, 5.41) is 14.5. The van der Waals surface area contributed by atoms with Crippen molar-refractivity contribution in [3.8, 4) is 5.75 Å². The third-order valence-electron chi connectivity index (χ3n) is 5.62. The van der Waals surface area contributed by atoms with Gasteiger partial charge in [0.2, 0.25) is 5.91 Å². The van der Waals surface area contributed by atoms with Crippen LogP contribution in [0, 0.1) is 0 Å². The van der Waals surface area contributed by atoms with Crippen molar-refractivity contribution in [2.24, 2.45) is 7.05 Å². The molecule has 2 aromatic rings. The first-order valence-corrected chi connectivity index (χ1v) is 8.27. The van der Waals surface area contributed by atoms with Gasteiger partial charge in [0.25, 0.3) is 0 Å². The molecule has 6 nitrogen and oxygen atoms in total. The number of benzene rings is 1. The Morgan fingerprint density at radius 1 is 1.46 bits per heavy atom. The summed E-state index contributed by atoms with van der Waals surface area (Å²) in [4.78, 5) is 13.6. The van der Waals surface area contributed by atoms with Crippen molar-refractivity contribution in [1.82, 2.24) is 14.8 Å². The van der Waals surface area contributed by atoms with Crippen molar-refractivity contribution < 1.29 is 14.6 Å². The van der Waals surface area contributed by atoms with Gasteiger partial charge in [-0.1, -0.05) is 0 Å². The molecule has 128 valence electrons. The van der Waals surface area contributed by atoms with E-state index in [4.69, 9.17) is 4.74 Å². The molecule has 3 heterocycles. The molecule has 2 aliphatic rings. The van der Waals surface area contributed by atoms with Crippen LogP contribution in [0.2, 0.25) is 0 Å². The van der Waals surface area contributed by atoms with Crippen LogP contribution in [-0.4, -0.2) is 53.8 Å². The van der Waals surface area contributed by atoms with Gasteiger partial charge < -0.3 is 24.6 Å². The van der Waals surface area contributed by atoms with E-state index >= 15 is 0 Å². The Balaban J connectivity index is 1.92. The lowest BCUT2D eigenvalue weighted by molar-refractivity contribution is -0.136. The van der Waals surface area contributed by atoms with E-state index in [-0.39, 0.29) is 24.0 Å². The van der Waals surface area contributed by atoms with Crippen LogP contribution >= 0.6 is 0 Å². The minimum Gasteiger partial charge on any atom is -0.497 e. The van der Waals surface area contributed by atoms with E-state index in [1.165, 1.54) is 10.9 Å². The van der Waals surface area contributed by atoms with E-state index < -0.39 is 0 Å². The SMILES string of the molecule is COc1ccc2c3c(n(C)c2c1)[C@@H](CO)NCC31CN(C(C)=O)C1. The highest BCUT2D eigenvalue weighted by molar-refractivity contribution is 5.89. The van der Waals surface area contributed by atoms with E-state index in [1.807, 2.05) is 24.1 Å². The maximum Gasteiger partial charge on any atom is 0.219 e. The first kappa shape index (κ1) is 15.5. The number of ether oxygens (including phenoxy) is 1. The Bertz CT molecular complexity index is 821. The zero-order valence-corrected chi connectivity index (χ0v) is 14.3. The van der Waals surface area contributed by atoms with Gasteiger partial charge in [-0.2, -0.15) is 0 Å². The number of fused-ring (bicyclic) bond motifs is 4. The molecule has 0 saturated carbocycles. The molecule has 1 amide bonds. The zero-order valence-electron chi connectivity index (χ0n) is 14.3. The lowest BCUT2D eigenvalue weighted by Gasteiger charge is -2.53. The van der Waals surface area contributed by atoms with E-state index in [2.05, 4.69) is 16.0 Å². The maximum atomic E-state index is 11.7. The first-order chi connectivity index (χ1) is 11.5. The second-order valence-electron chi connectivity index (χ2n) is 6.97. The molecule has 0 radical (unpaired) electrons. The number of carbonyl (C=O) groups excluding carboxylic acids is 1. The van der Waals surface area contributed by atoms with E-state index in [0.29, 0.717) is 0 Å². The normalized spacial score (nSPS) is 21.7. The zero-order chi connectivity index (χ0) is 17.1. The number of aromatic nitrogens is 1. The highest BCUT2D eigenvalue weighted by Gasteiger charge is 2.51. The molecule has 1 saturated heterocycles. The summed E-state index contributed by atoms with van der Waals surface area (Å²) in [6.45, 7) is 3.91. The summed E-state index contributed by atoms with van der Waals surface area (Å²) in [6, 6.07) is 6.04. The molecule has 2 N–H and O–H groups in total. The summed E-state index contributed by atoms with van der Waals surface area (Å²) >= 11 is 0. The van der Waals surface area contributed by atoms with Crippen molar-refractivity contribution in [1.29, 1.82) is 0 Å². The van der Waals surface area contributed by atoms with Crippen LogP contribution < -0.4 is 10.1 Å². The molecular weight excluding hydrogens is 306 g/mol. The average Bonchev–Trinajstić information content (AvgIpc) is 2.85. The monoisotopic (exact) mass is 329 g/mol. The number of methoxy groups -OCH3 is 1. The largest absolute Gasteiger partial charge is 0.497 e. The Labute approximate surface area is 141 Å². The van der Waals surface area contributed by atoms with Crippen LogP contribution in [0.5, 0.6) is 5.75 Å². The van der Waals surface area contributed by atoms with E-state index in [0.717, 1.165) is 36.6 Å². The highest BCUT2D eigenvalue weighted by Crippen LogP contribution is 2.46. The Hall–Kier alpha value is -2.05.